The van der Waals surface area contributed by atoms with Gasteiger partial charge in [0.15, 0.2) is 11.5 Å². The van der Waals surface area contributed by atoms with Crippen molar-refractivity contribution in [2.45, 2.75) is 32.0 Å². The molecular formula is C19H20BrNO3. The fourth-order valence-electron chi connectivity index (χ4n) is 3.27. The molecule has 1 aliphatic heterocycles. The SMILES string of the molecule is CC(C)N1C(=O)C(Cc2cccc(Br)c2)COC12C=CC(=O)C=C2. The lowest BCUT2D eigenvalue weighted by molar-refractivity contribution is -0.185. The number of nitrogens with zero attached hydrogens (tertiary/aromatic N) is 1. The Labute approximate surface area is 150 Å². The lowest BCUT2D eigenvalue weighted by atomic mass is 9.92. The monoisotopic (exact) mass is 389 g/mol. The predicted octanol–water partition coefficient (Wildman–Crippen LogP) is 3.27. The van der Waals surface area contributed by atoms with E-state index in [1.54, 1.807) is 17.1 Å². The van der Waals surface area contributed by atoms with Crippen LogP contribution in [0.3, 0.4) is 0 Å². The Morgan fingerprint density at radius 2 is 2.00 bits per heavy atom. The van der Waals surface area contributed by atoms with Gasteiger partial charge in [-0.2, -0.15) is 0 Å². The van der Waals surface area contributed by atoms with Gasteiger partial charge < -0.3 is 9.64 Å². The molecule has 1 unspecified atom stereocenters. The number of ketones is 1. The molecule has 1 fully saturated rings. The van der Waals surface area contributed by atoms with Gasteiger partial charge in [0.05, 0.1) is 12.5 Å². The zero-order chi connectivity index (χ0) is 17.3. The molecule has 1 saturated heterocycles. The van der Waals surface area contributed by atoms with Crippen LogP contribution in [0.5, 0.6) is 0 Å². The topological polar surface area (TPSA) is 46.6 Å². The van der Waals surface area contributed by atoms with E-state index in [0.717, 1.165) is 10.0 Å². The number of allylic oxidation sites excluding steroid dienone is 2. The van der Waals surface area contributed by atoms with Gasteiger partial charge in [0.25, 0.3) is 0 Å². The second kappa shape index (κ2) is 6.65. The minimum atomic E-state index is -0.938. The maximum absolute atomic E-state index is 13.1. The van der Waals surface area contributed by atoms with Gasteiger partial charge in [-0.05, 0) is 62.3 Å². The van der Waals surface area contributed by atoms with Gasteiger partial charge >= 0.3 is 0 Å². The fraction of sp³-hybridized carbons (Fsp3) is 0.368. The number of benzene rings is 1. The fourth-order valence-corrected chi connectivity index (χ4v) is 3.71. The summed E-state index contributed by atoms with van der Waals surface area (Å²) in [6.45, 7) is 4.25. The summed E-state index contributed by atoms with van der Waals surface area (Å²) in [7, 11) is 0. The van der Waals surface area contributed by atoms with Crippen LogP contribution in [0.2, 0.25) is 0 Å². The zero-order valence-electron chi connectivity index (χ0n) is 13.7. The third kappa shape index (κ3) is 3.23. The highest BCUT2D eigenvalue weighted by molar-refractivity contribution is 9.10. The van der Waals surface area contributed by atoms with E-state index in [2.05, 4.69) is 15.9 Å². The number of hydrogen-bond acceptors (Lipinski definition) is 3. The van der Waals surface area contributed by atoms with Crippen molar-refractivity contribution in [3.05, 3.63) is 58.6 Å². The van der Waals surface area contributed by atoms with E-state index in [1.165, 1.54) is 12.2 Å². The van der Waals surface area contributed by atoms with Crippen LogP contribution in [0.15, 0.2) is 53.0 Å². The van der Waals surface area contributed by atoms with Gasteiger partial charge in [-0.3, -0.25) is 9.59 Å². The van der Waals surface area contributed by atoms with E-state index >= 15 is 0 Å². The molecule has 1 spiro atoms. The van der Waals surface area contributed by atoms with Crippen LogP contribution >= 0.6 is 15.9 Å². The average Bonchev–Trinajstić information content (AvgIpc) is 2.53. The van der Waals surface area contributed by atoms with Crippen molar-refractivity contribution < 1.29 is 14.3 Å². The first-order chi connectivity index (χ1) is 11.4. The van der Waals surface area contributed by atoms with Crippen LogP contribution in [0.1, 0.15) is 19.4 Å². The van der Waals surface area contributed by atoms with Crippen molar-refractivity contribution in [1.82, 2.24) is 4.90 Å². The third-order valence-corrected chi connectivity index (χ3v) is 4.83. The summed E-state index contributed by atoms with van der Waals surface area (Å²) in [6, 6.07) is 7.93. The van der Waals surface area contributed by atoms with Crippen molar-refractivity contribution in [3.63, 3.8) is 0 Å². The molecule has 1 aromatic rings. The van der Waals surface area contributed by atoms with Crippen LogP contribution in [0.25, 0.3) is 0 Å². The van der Waals surface area contributed by atoms with E-state index in [-0.39, 0.29) is 23.7 Å². The Morgan fingerprint density at radius 3 is 2.62 bits per heavy atom. The standard InChI is InChI=1S/C19H20BrNO3/c1-13(2)21-18(23)15(10-14-4-3-5-16(20)11-14)12-24-19(21)8-6-17(22)7-9-19/h3-9,11,13,15H,10,12H2,1-2H3. The first-order valence-corrected chi connectivity index (χ1v) is 8.84. The molecule has 1 aromatic carbocycles. The number of hydrogen-bond donors (Lipinski definition) is 0. The molecule has 0 bridgehead atoms. The molecule has 1 atom stereocenters. The third-order valence-electron chi connectivity index (χ3n) is 4.34. The van der Waals surface area contributed by atoms with Crippen molar-refractivity contribution in [2.24, 2.45) is 5.92 Å². The predicted molar refractivity (Wildman–Crippen MR) is 95.3 cm³/mol. The van der Waals surface area contributed by atoms with Crippen LogP contribution < -0.4 is 0 Å². The molecular weight excluding hydrogens is 370 g/mol. The Bertz CT molecular complexity index is 707. The number of ether oxygens (including phenoxy) is 1. The minimum Gasteiger partial charge on any atom is -0.347 e. The molecule has 3 rings (SSSR count). The average molecular weight is 390 g/mol. The van der Waals surface area contributed by atoms with Gasteiger partial charge in [0, 0.05) is 10.5 Å². The smallest absolute Gasteiger partial charge is 0.231 e. The molecule has 0 saturated carbocycles. The van der Waals surface area contributed by atoms with Crippen molar-refractivity contribution in [1.29, 1.82) is 0 Å². The van der Waals surface area contributed by atoms with Crippen molar-refractivity contribution in [2.75, 3.05) is 6.61 Å². The maximum atomic E-state index is 13.1. The number of rotatable bonds is 3. The van der Waals surface area contributed by atoms with E-state index in [9.17, 15) is 9.59 Å². The highest BCUT2D eigenvalue weighted by atomic mass is 79.9. The summed E-state index contributed by atoms with van der Waals surface area (Å²) in [6.07, 6.45) is 6.93. The first-order valence-electron chi connectivity index (χ1n) is 8.05. The van der Waals surface area contributed by atoms with E-state index in [1.807, 2.05) is 38.1 Å². The minimum absolute atomic E-state index is 0.0367. The molecule has 0 radical (unpaired) electrons. The van der Waals surface area contributed by atoms with Crippen molar-refractivity contribution >= 4 is 27.6 Å². The second-order valence-electron chi connectivity index (χ2n) is 6.46. The van der Waals surface area contributed by atoms with Crippen LogP contribution in [-0.4, -0.2) is 35.0 Å². The molecule has 2 aliphatic rings. The molecule has 24 heavy (non-hydrogen) atoms. The zero-order valence-corrected chi connectivity index (χ0v) is 15.3. The highest BCUT2D eigenvalue weighted by Gasteiger charge is 2.46. The Balaban J connectivity index is 1.85. The first kappa shape index (κ1) is 17.1. The summed E-state index contributed by atoms with van der Waals surface area (Å²) >= 11 is 3.46. The molecule has 1 heterocycles. The lowest BCUT2D eigenvalue weighted by Crippen LogP contribution is -2.61. The molecule has 1 aliphatic carbocycles. The van der Waals surface area contributed by atoms with E-state index < -0.39 is 5.72 Å². The second-order valence-corrected chi connectivity index (χ2v) is 7.38. The summed E-state index contributed by atoms with van der Waals surface area (Å²) in [5.74, 6) is -0.261. The van der Waals surface area contributed by atoms with Crippen LogP contribution in [0, 0.1) is 5.92 Å². The molecule has 4 nitrogen and oxygen atoms in total. The van der Waals surface area contributed by atoms with Crippen LogP contribution in [0.4, 0.5) is 0 Å². The Kier molecular flexibility index (Phi) is 4.74. The van der Waals surface area contributed by atoms with Crippen LogP contribution in [-0.2, 0) is 20.7 Å². The summed E-state index contributed by atoms with van der Waals surface area (Å²) in [5.41, 5.74) is 0.156. The molecule has 0 aromatic heterocycles. The quantitative estimate of drug-likeness (QED) is 0.796. The normalized spacial score (nSPS) is 22.7. The molecule has 0 N–H and O–H groups in total. The summed E-state index contributed by atoms with van der Waals surface area (Å²) < 4.78 is 7.08. The molecule has 1 amide bonds. The lowest BCUT2D eigenvalue weighted by Gasteiger charge is -2.48. The van der Waals surface area contributed by atoms with Gasteiger partial charge in [-0.15, -0.1) is 0 Å². The van der Waals surface area contributed by atoms with Gasteiger partial charge in [-0.1, -0.05) is 28.1 Å². The van der Waals surface area contributed by atoms with Crippen molar-refractivity contribution in [3.8, 4) is 0 Å². The summed E-state index contributed by atoms with van der Waals surface area (Å²) in [4.78, 5) is 26.3. The molecule has 5 heteroatoms. The Hall–Kier alpha value is -1.72. The number of carbonyl (C=O) groups is 2. The highest BCUT2D eigenvalue weighted by Crippen LogP contribution is 2.34. The largest absolute Gasteiger partial charge is 0.347 e. The van der Waals surface area contributed by atoms with Gasteiger partial charge in [0.2, 0.25) is 5.91 Å². The molecule has 126 valence electrons. The van der Waals surface area contributed by atoms with Gasteiger partial charge in [0.1, 0.15) is 0 Å². The van der Waals surface area contributed by atoms with E-state index in [4.69, 9.17) is 4.74 Å². The Morgan fingerprint density at radius 1 is 1.29 bits per heavy atom. The summed E-state index contributed by atoms with van der Waals surface area (Å²) in [5, 5.41) is 0. The maximum Gasteiger partial charge on any atom is 0.231 e. The van der Waals surface area contributed by atoms with E-state index in [0.29, 0.717) is 13.0 Å². The van der Waals surface area contributed by atoms with Gasteiger partial charge in [-0.25, -0.2) is 0 Å². The number of amides is 1. The number of carbonyl (C=O) groups excluding carboxylic acids is 2. The number of halogens is 1.